The quantitative estimate of drug-likeness (QED) is 0.279. The Balaban J connectivity index is 1.26. The van der Waals surface area contributed by atoms with E-state index < -0.39 is 0 Å². The highest BCUT2D eigenvalue weighted by Gasteiger charge is 2.25. The lowest BCUT2D eigenvalue weighted by atomic mass is 9.85. The molecule has 1 amide bonds. The fourth-order valence-corrected chi connectivity index (χ4v) is 5.27. The van der Waals surface area contributed by atoms with E-state index in [1.807, 2.05) is 18.2 Å². The predicted octanol–water partition coefficient (Wildman–Crippen LogP) is 5.56. The summed E-state index contributed by atoms with van der Waals surface area (Å²) in [5, 5.41) is 11.0. The largest absolute Gasteiger partial charge is 0.335 e. The van der Waals surface area contributed by atoms with Gasteiger partial charge in [0.15, 0.2) is 16.6 Å². The molecule has 0 unspecified atom stereocenters. The summed E-state index contributed by atoms with van der Waals surface area (Å²) in [6.45, 7) is 0. The number of rotatable bonds is 5. The lowest BCUT2D eigenvalue weighted by Crippen LogP contribution is -2.28. The molecule has 0 aromatic carbocycles. The summed E-state index contributed by atoms with van der Waals surface area (Å²) < 4.78 is 13.7. The first-order valence-electron chi connectivity index (χ1n) is 11.8. The van der Waals surface area contributed by atoms with Crippen molar-refractivity contribution in [2.45, 2.75) is 19.3 Å². The monoisotopic (exact) mass is 510 g/mol. The van der Waals surface area contributed by atoms with E-state index in [1.54, 1.807) is 30.9 Å². The van der Waals surface area contributed by atoms with Crippen LogP contribution in [0.3, 0.4) is 0 Å². The van der Waals surface area contributed by atoms with Crippen LogP contribution in [0.15, 0.2) is 55.1 Å². The van der Waals surface area contributed by atoms with Gasteiger partial charge in [-0.05, 0) is 43.2 Å². The summed E-state index contributed by atoms with van der Waals surface area (Å²) in [5.74, 6) is 0.660. The van der Waals surface area contributed by atoms with Crippen molar-refractivity contribution in [1.29, 1.82) is 0 Å². The zero-order chi connectivity index (χ0) is 24.9. The highest BCUT2D eigenvalue weighted by Crippen LogP contribution is 2.34. The standard InChI is InChI=1S/C26H19FN8OS/c27-21-5-4-20(37-21)16-6-7-29-24-22(16)32-25(33-24)23-17-9-18(30-12-19(17)34-35-23)14-8-15(11-28-10-14)31-26(36)13-2-1-3-13/h4-13H,1-3H2,(H,31,36)(H,34,35)(H,29,32,33). The Morgan fingerprint density at radius 1 is 1.11 bits per heavy atom. The van der Waals surface area contributed by atoms with Crippen molar-refractivity contribution in [3.05, 3.63) is 60.3 Å². The molecule has 7 rings (SSSR count). The van der Waals surface area contributed by atoms with E-state index in [1.165, 1.54) is 6.07 Å². The molecule has 1 aliphatic rings. The van der Waals surface area contributed by atoms with Gasteiger partial charge in [-0.2, -0.15) is 9.49 Å². The fourth-order valence-electron chi connectivity index (χ4n) is 4.51. The highest BCUT2D eigenvalue weighted by molar-refractivity contribution is 7.14. The van der Waals surface area contributed by atoms with Crippen LogP contribution in [-0.4, -0.2) is 41.0 Å². The van der Waals surface area contributed by atoms with E-state index >= 15 is 0 Å². The van der Waals surface area contributed by atoms with E-state index in [0.717, 1.165) is 57.5 Å². The molecule has 0 radical (unpaired) electrons. The topological polar surface area (TPSA) is 125 Å². The van der Waals surface area contributed by atoms with Crippen LogP contribution in [0.2, 0.25) is 0 Å². The number of thiophene rings is 1. The Kier molecular flexibility index (Phi) is 5.03. The summed E-state index contributed by atoms with van der Waals surface area (Å²) in [6, 6.07) is 8.81. The Morgan fingerprint density at radius 3 is 2.84 bits per heavy atom. The Morgan fingerprint density at radius 2 is 2.03 bits per heavy atom. The summed E-state index contributed by atoms with van der Waals surface area (Å²) in [7, 11) is 0. The van der Waals surface area contributed by atoms with Gasteiger partial charge in [0.25, 0.3) is 0 Å². The van der Waals surface area contributed by atoms with Crippen LogP contribution < -0.4 is 5.32 Å². The molecule has 0 bridgehead atoms. The van der Waals surface area contributed by atoms with Crippen molar-refractivity contribution in [1.82, 2.24) is 35.1 Å². The van der Waals surface area contributed by atoms with E-state index in [0.29, 0.717) is 34.1 Å². The van der Waals surface area contributed by atoms with Gasteiger partial charge >= 0.3 is 0 Å². The maximum atomic E-state index is 13.7. The number of pyridine rings is 3. The molecular formula is C26H19FN8OS. The van der Waals surface area contributed by atoms with Crippen LogP contribution in [0.4, 0.5) is 10.1 Å². The van der Waals surface area contributed by atoms with Gasteiger partial charge in [0.2, 0.25) is 5.91 Å². The minimum atomic E-state index is -0.251. The number of amides is 1. The number of fused-ring (bicyclic) bond motifs is 2. The number of hydrogen-bond acceptors (Lipinski definition) is 7. The molecule has 0 spiro atoms. The first-order chi connectivity index (χ1) is 18.1. The number of anilines is 1. The lowest BCUT2D eigenvalue weighted by molar-refractivity contribution is -0.122. The van der Waals surface area contributed by atoms with Crippen molar-refractivity contribution < 1.29 is 9.18 Å². The number of carbonyl (C=O) groups is 1. The molecule has 3 N–H and O–H groups in total. The van der Waals surface area contributed by atoms with Crippen LogP contribution in [0.25, 0.3) is 55.3 Å². The molecule has 0 aliphatic heterocycles. The van der Waals surface area contributed by atoms with Gasteiger partial charge in [-0.15, -0.1) is 11.3 Å². The zero-order valence-electron chi connectivity index (χ0n) is 19.3. The van der Waals surface area contributed by atoms with Gasteiger partial charge < -0.3 is 10.3 Å². The van der Waals surface area contributed by atoms with Crippen molar-refractivity contribution in [3.63, 3.8) is 0 Å². The number of hydrogen-bond donors (Lipinski definition) is 3. The van der Waals surface area contributed by atoms with E-state index in [2.05, 4.69) is 40.4 Å². The third kappa shape index (κ3) is 3.84. The van der Waals surface area contributed by atoms with Crippen molar-refractivity contribution in [2.24, 2.45) is 5.92 Å². The molecule has 0 saturated heterocycles. The minimum absolute atomic E-state index is 0.0360. The first-order valence-corrected chi connectivity index (χ1v) is 12.7. The Hall–Kier alpha value is -4.51. The van der Waals surface area contributed by atoms with Gasteiger partial charge in [0, 0.05) is 39.7 Å². The van der Waals surface area contributed by atoms with Gasteiger partial charge in [-0.25, -0.2) is 9.97 Å². The summed E-state index contributed by atoms with van der Waals surface area (Å²) in [5.41, 5.74) is 5.52. The molecule has 6 heterocycles. The Labute approximate surface area is 213 Å². The number of carbonyl (C=O) groups excluding carboxylic acids is 1. The average Bonchev–Trinajstić information content (AvgIpc) is 3.60. The smallest absolute Gasteiger partial charge is 0.227 e. The lowest BCUT2D eigenvalue weighted by Gasteiger charge is -2.24. The zero-order valence-corrected chi connectivity index (χ0v) is 20.1. The van der Waals surface area contributed by atoms with Crippen molar-refractivity contribution in [2.75, 3.05) is 5.32 Å². The van der Waals surface area contributed by atoms with Crippen LogP contribution in [0.5, 0.6) is 0 Å². The SMILES string of the molecule is O=C(Nc1cncc(-c2cc3c(-c4nc5nccc(-c6ccc(F)s6)c5[nH]4)n[nH]c3cn2)c1)C1CCC1. The molecule has 1 saturated carbocycles. The molecule has 0 atom stereocenters. The van der Waals surface area contributed by atoms with Crippen LogP contribution >= 0.6 is 11.3 Å². The first kappa shape index (κ1) is 21.7. The van der Waals surface area contributed by atoms with Crippen LogP contribution in [0.1, 0.15) is 19.3 Å². The number of H-pyrrole nitrogens is 2. The van der Waals surface area contributed by atoms with Gasteiger partial charge in [-0.3, -0.25) is 19.9 Å². The van der Waals surface area contributed by atoms with Gasteiger partial charge in [0.05, 0.1) is 34.8 Å². The number of nitrogens with one attached hydrogen (secondary N) is 3. The van der Waals surface area contributed by atoms with E-state index in [9.17, 15) is 9.18 Å². The average molecular weight is 511 g/mol. The highest BCUT2D eigenvalue weighted by atomic mass is 32.1. The second-order valence-corrected chi connectivity index (χ2v) is 10.0. The second-order valence-electron chi connectivity index (χ2n) is 9.01. The fraction of sp³-hybridized carbons (Fsp3) is 0.154. The minimum Gasteiger partial charge on any atom is -0.335 e. The molecule has 37 heavy (non-hydrogen) atoms. The predicted molar refractivity (Wildman–Crippen MR) is 139 cm³/mol. The van der Waals surface area contributed by atoms with Gasteiger partial charge in [0.1, 0.15) is 5.69 Å². The summed E-state index contributed by atoms with van der Waals surface area (Å²) in [4.78, 5) is 34.4. The molecule has 9 nitrogen and oxygen atoms in total. The summed E-state index contributed by atoms with van der Waals surface area (Å²) >= 11 is 1.07. The molecule has 182 valence electrons. The number of imidazole rings is 1. The molecule has 11 heteroatoms. The molecule has 6 aromatic heterocycles. The third-order valence-electron chi connectivity index (χ3n) is 6.68. The number of aromatic amines is 2. The number of aromatic nitrogens is 7. The van der Waals surface area contributed by atoms with Crippen LogP contribution in [-0.2, 0) is 4.79 Å². The Bertz CT molecular complexity index is 1800. The molecule has 1 fully saturated rings. The van der Waals surface area contributed by atoms with Crippen molar-refractivity contribution >= 4 is 45.0 Å². The van der Waals surface area contributed by atoms with Crippen molar-refractivity contribution in [3.8, 4) is 33.2 Å². The number of nitrogens with zero attached hydrogens (tertiary/aromatic N) is 5. The maximum absolute atomic E-state index is 13.7. The maximum Gasteiger partial charge on any atom is 0.227 e. The van der Waals surface area contributed by atoms with E-state index in [4.69, 9.17) is 0 Å². The number of halogens is 1. The molecule has 6 aromatic rings. The second kappa shape index (κ2) is 8.56. The van der Waals surface area contributed by atoms with Gasteiger partial charge in [-0.1, -0.05) is 6.42 Å². The molecular weight excluding hydrogens is 491 g/mol. The third-order valence-corrected chi connectivity index (χ3v) is 7.59. The normalized spacial score (nSPS) is 13.8. The van der Waals surface area contributed by atoms with E-state index in [-0.39, 0.29) is 17.0 Å². The van der Waals surface area contributed by atoms with Crippen LogP contribution in [0, 0.1) is 11.0 Å². The molecule has 1 aliphatic carbocycles. The summed E-state index contributed by atoms with van der Waals surface area (Å²) in [6.07, 6.45) is 9.69.